The predicted octanol–water partition coefficient (Wildman–Crippen LogP) is 2.01. The molecule has 1 aliphatic heterocycles. The molecule has 0 atom stereocenters. The number of halogens is 3. The second-order valence-corrected chi connectivity index (χ2v) is 4.56. The van der Waals surface area contributed by atoms with Crippen LogP contribution in [0.2, 0.25) is 0 Å². The Hall–Kier alpha value is -1.57. The van der Waals surface area contributed by atoms with E-state index >= 15 is 0 Å². The van der Waals surface area contributed by atoms with E-state index in [1.54, 1.807) is 0 Å². The Morgan fingerprint density at radius 1 is 1.30 bits per heavy atom. The van der Waals surface area contributed by atoms with Gasteiger partial charge in [0.05, 0.1) is 0 Å². The molecule has 0 spiro atoms. The lowest BCUT2D eigenvalue weighted by Gasteiger charge is -2.15. The molecule has 112 valence electrons. The van der Waals surface area contributed by atoms with Crippen LogP contribution in [0.1, 0.15) is 18.7 Å². The summed E-state index contributed by atoms with van der Waals surface area (Å²) in [6.45, 7) is 3.04. The third kappa shape index (κ3) is 3.96. The summed E-state index contributed by atoms with van der Waals surface area (Å²) in [4.78, 5) is 8.98. The molecule has 5 nitrogen and oxygen atoms in total. The molecule has 0 saturated carbocycles. The van der Waals surface area contributed by atoms with Gasteiger partial charge in [-0.05, 0) is 25.9 Å². The van der Waals surface area contributed by atoms with Crippen LogP contribution in [0.15, 0.2) is 6.07 Å². The molecule has 0 radical (unpaired) electrons. The number of rotatable bonds is 5. The van der Waals surface area contributed by atoms with Gasteiger partial charge in [-0.1, -0.05) is 0 Å². The zero-order valence-corrected chi connectivity index (χ0v) is 11.2. The minimum atomic E-state index is -4.58. The molecular weight excluding hydrogens is 273 g/mol. The van der Waals surface area contributed by atoms with Gasteiger partial charge in [0, 0.05) is 19.7 Å². The number of hydrogen-bond acceptors (Lipinski definition) is 5. The second kappa shape index (κ2) is 6.25. The lowest BCUT2D eigenvalue weighted by molar-refractivity contribution is -0.145. The maximum absolute atomic E-state index is 12.6. The summed E-state index contributed by atoms with van der Waals surface area (Å²) in [5.41, 5.74) is 0. The molecule has 0 aromatic carbocycles. The number of likely N-dealkylation sites (tertiary alicyclic amines) is 1. The standard InChI is InChI=1S/C12H17F3N4O/c1-16-9-8-10(18-11(17-9)12(13,14)15)20-7-6-19-4-2-3-5-19/h8H,2-7H2,1H3,(H,16,17,18). The normalized spacial score (nSPS) is 16.4. The first-order valence-corrected chi connectivity index (χ1v) is 6.48. The zero-order chi connectivity index (χ0) is 14.6. The fourth-order valence-electron chi connectivity index (χ4n) is 2.04. The SMILES string of the molecule is CNc1cc(OCCN2CCCC2)nc(C(F)(F)F)n1. The van der Waals surface area contributed by atoms with E-state index in [-0.39, 0.29) is 11.7 Å². The highest BCUT2D eigenvalue weighted by atomic mass is 19.4. The number of nitrogens with one attached hydrogen (secondary N) is 1. The maximum Gasteiger partial charge on any atom is 0.451 e. The first kappa shape index (κ1) is 14.8. The lowest BCUT2D eigenvalue weighted by atomic mass is 10.4. The number of hydrogen-bond donors (Lipinski definition) is 1. The van der Waals surface area contributed by atoms with E-state index in [2.05, 4.69) is 20.2 Å². The van der Waals surface area contributed by atoms with Gasteiger partial charge in [0.15, 0.2) is 0 Å². The van der Waals surface area contributed by atoms with Crippen molar-refractivity contribution in [2.24, 2.45) is 0 Å². The third-order valence-electron chi connectivity index (χ3n) is 3.07. The molecule has 2 heterocycles. The highest BCUT2D eigenvalue weighted by Gasteiger charge is 2.35. The van der Waals surface area contributed by atoms with Gasteiger partial charge in [-0.25, -0.2) is 4.98 Å². The summed E-state index contributed by atoms with van der Waals surface area (Å²) in [6, 6.07) is 1.36. The van der Waals surface area contributed by atoms with Crippen molar-refractivity contribution in [1.29, 1.82) is 0 Å². The average Bonchev–Trinajstić information content (AvgIpc) is 2.90. The number of alkyl halides is 3. The van der Waals surface area contributed by atoms with Crippen molar-refractivity contribution in [3.8, 4) is 5.88 Å². The van der Waals surface area contributed by atoms with Crippen LogP contribution >= 0.6 is 0 Å². The van der Waals surface area contributed by atoms with E-state index in [0.29, 0.717) is 13.2 Å². The summed E-state index contributed by atoms with van der Waals surface area (Å²) >= 11 is 0. The Morgan fingerprint density at radius 2 is 2.00 bits per heavy atom. The van der Waals surface area contributed by atoms with E-state index in [0.717, 1.165) is 25.9 Å². The second-order valence-electron chi connectivity index (χ2n) is 4.56. The van der Waals surface area contributed by atoms with Gasteiger partial charge in [-0.3, -0.25) is 4.90 Å². The van der Waals surface area contributed by atoms with Gasteiger partial charge < -0.3 is 10.1 Å². The fourth-order valence-corrected chi connectivity index (χ4v) is 2.04. The Bertz CT molecular complexity index is 447. The van der Waals surface area contributed by atoms with Gasteiger partial charge in [0.2, 0.25) is 11.7 Å². The molecule has 1 N–H and O–H groups in total. The smallest absolute Gasteiger partial charge is 0.451 e. The molecule has 1 fully saturated rings. The van der Waals surface area contributed by atoms with Crippen molar-refractivity contribution >= 4 is 5.82 Å². The van der Waals surface area contributed by atoms with Crippen LogP contribution in [0.4, 0.5) is 19.0 Å². The van der Waals surface area contributed by atoms with E-state index < -0.39 is 12.0 Å². The summed E-state index contributed by atoms with van der Waals surface area (Å²) in [6.07, 6.45) is -2.26. The number of ether oxygens (including phenoxy) is 1. The van der Waals surface area contributed by atoms with E-state index in [1.165, 1.54) is 13.1 Å². The van der Waals surface area contributed by atoms with Gasteiger partial charge >= 0.3 is 6.18 Å². The Kier molecular flexibility index (Phi) is 4.64. The van der Waals surface area contributed by atoms with E-state index in [4.69, 9.17) is 4.74 Å². The minimum absolute atomic E-state index is 0.0594. The van der Waals surface area contributed by atoms with Gasteiger partial charge in [-0.2, -0.15) is 18.2 Å². The predicted molar refractivity (Wildman–Crippen MR) is 67.7 cm³/mol. The summed E-state index contributed by atoms with van der Waals surface area (Å²) in [5.74, 6) is -1.17. The fraction of sp³-hybridized carbons (Fsp3) is 0.667. The van der Waals surface area contributed by atoms with Crippen LogP contribution in [-0.2, 0) is 6.18 Å². The number of aromatic nitrogens is 2. The molecular formula is C12H17F3N4O. The van der Waals surface area contributed by atoms with Crippen molar-refractivity contribution in [2.45, 2.75) is 19.0 Å². The van der Waals surface area contributed by atoms with Gasteiger partial charge in [0.1, 0.15) is 12.4 Å². The Morgan fingerprint density at radius 3 is 2.60 bits per heavy atom. The molecule has 1 aromatic heterocycles. The number of anilines is 1. The highest BCUT2D eigenvalue weighted by Crippen LogP contribution is 2.28. The monoisotopic (exact) mass is 290 g/mol. The van der Waals surface area contributed by atoms with Crippen LogP contribution in [-0.4, -0.2) is 48.2 Å². The average molecular weight is 290 g/mol. The summed E-state index contributed by atoms with van der Waals surface area (Å²) < 4.78 is 43.2. The van der Waals surface area contributed by atoms with Crippen molar-refractivity contribution in [3.63, 3.8) is 0 Å². The first-order chi connectivity index (χ1) is 9.49. The molecule has 0 unspecified atom stereocenters. The molecule has 1 aliphatic rings. The van der Waals surface area contributed by atoms with Crippen molar-refractivity contribution in [3.05, 3.63) is 11.9 Å². The highest BCUT2D eigenvalue weighted by molar-refractivity contribution is 5.38. The van der Waals surface area contributed by atoms with E-state index in [9.17, 15) is 13.2 Å². The van der Waals surface area contributed by atoms with Crippen LogP contribution < -0.4 is 10.1 Å². The molecule has 8 heteroatoms. The molecule has 1 aromatic rings. The number of nitrogens with zero attached hydrogens (tertiary/aromatic N) is 3. The molecule has 20 heavy (non-hydrogen) atoms. The first-order valence-electron chi connectivity index (χ1n) is 6.48. The quantitative estimate of drug-likeness (QED) is 0.899. The van der Waals surface area contributed by atoms with Crippen LogP contribution in [0.3, 0.4) is 0 Å². The van der Waals surface area contributed by atoms with Crippen LogP contribution in [0.5, 0.6) is 5.88 Å². The topological polar surface area (TPSA) is 50.3 Å². The Balaban J connectivity index is 1.98. The summed E-state index contributed by atoms with van der Waals surface area (Å²) in [7, 11) is 1.50. The molecule has 0 aliphatic carbocycles. The zero-order valence-electron chi connectivity index (χ0n) is 11.2. The largest absolute Gasteiger partial charge is 0.476 e. The van der Waals surface area contributed by atoms with Crippen molar-refractivity contribution in [2.75, 3.05) is 38.6 Å². The van der Waals surface area contributed by atoms with Gasteiger partial charge in [0.25, 0.3) is 0 Å². The molecule has 0 bridgehead atoms. The van der Waals surface area contributed by atoms with Crippen molar-refractivity contribution in [1.82, 2.24) is 14.9 Å². The summed E-state index contributed by atoms with van der Waals surface area (Å²) in [5, 5.41) is 2.57. The van der Waals surface area contributed by atoms with Gasteiger partial charge in [-0.15, -0.1) is 0 Å². The van der Waals surface area contributed by atoms with E-state index in [1.807, 2.05) is 0 Å². The van der Waals surface area contributed by atoms with Crippen LogP contribution in [0.25, 0.3) is 0 Å². The lowest BCUT2D eigenvalue weighted by Crippen LogP contribution is -2.25. The minimum Gasteiger partial charge on any atom is -0.476 e. The molecule has 1 saturated heterocycles. The third-order valence-corrected chi connectivity index (χ3v) is 3.07. The molecule has 2 rings (SSSR count). The Labute approximate surface area is 115 Å². The molecule has 0 amide bonds. The van der Waals surface area contributed by atoms with Crippen molar-refractivity contribution < 1.29 is 17.9 Å². The maximum atomic E-state index is 12.6. The van der Waals surface area contributed by atoms with Crippen LogP contribution in [0, 0.1) is 0 Å².